The van der Waals surface area contributed by atoms with E-state index in [-0.39, 0.29) is 0 Å². The molecule has 3 N–H and O–H groups in total. The first kappa shape index (κ1) is 11.8. The minimum Gasteiger partial charge on any atom is -0.496 e. The highest BCUT2D eigenvalue weighted by Gasteiger charge is 2.22. The number of rotatable bonds is 3. The van der Waals surface area contributed by atoms with Crippen molar-refractivity contribution in [2.24, 2.45) is 0 Å². The zero-order valence-corrected chi connectivity index (χ0v) is 10.8. The molecular weight excluding hydrogens is 242 g/mol. The summed E-state index contributed by atoms with van der Waals surface area (Å²) in [6, 6.07) is 3.85. The Morgan fingerprint density at radius 3 is 2.84 bits per heavy atom. The third kappa shape index (κ3) is 1.79. The summed E-state index contributed by atoms with van der Waals surface area (Å²) in [4.78, 5) is 10.2. The van der Waals surface area contributed by atoms with Crippen LogP contribution in [0.1, 0.15) is 23.1 Å². The summed E-state index contributed by atoms with van der Waals surface area (Å²) in [6.45, 7) is 2.00. The van der Waals surface area contributed by atoms with Crippen LogP contribution in [-0.4, -0.2) is 27.2 Å². The van der Waals surface area contributed by atoms with Crippen LogP contribution >= 0.6 is 0 Å². The topological polar surface area (TPSA) is 73.9 Å². The number of aromatic nitrogens is 3. The molecule has 5 nitrogen and oxygen atoms in total. The van der Waals surface area contributed by atoms with E-state index in [0.717, 1.165) is 22.0 Å². The normalized spacial score (nSPS) is 12.8. The molecule has 1 unspecified atom stereocenters. The van der Waals surface area contributed by atoms with Crippen LogP contribution in [0.2, 0.25) is 0 Å². The number of aliphatic hydroxyl groups excluding tert-OH is 1. The maximum Gasteiger partial charge on any atom is 0.141 e. The first-order valence-electron chi connectivity index (χ1n) is 6.04. The number of benzene rings is 1. The number of nitrogens with zero attached hydrogens (tertiary/aromatic N) is 1. The molecule has 0 saturated heterocycles. The first-order valence-corrected chi connectivity index (χ1v) is 6.04. The van der Waals surface area contributed by atoms with Gasteiger partial charge >= 0.3 is 0 Å². The van der Waals surface area contributed by atoms with Gasteiger partial charge in [-0.3, -0.25) is 0 Å². The molecule has 0 radical (unpaired) electrons. The molecule has 0 spiro atoms. The second-order valence-electron chi connectivity index (χ2n) is 4.45. The molecule has 0 saturated carbocycles. The van der Waals surface area contributed by atoms with E-state index < -0.39 is 6.10 Å². The number of fused-ring (bicyclic) bond motifs is 1. The average Bonchev–Trinajstić information content (AvgIpc) is 3.08. The van der Waals surface area contributed by atoms with E-state index in [0.29, 0.717) is 11.6 Å². The Bertz CT molecular complexity index is 701. The van der Waals surface area contributed by atoms with Gasteiger partial charge in [-0.2, -0.15) is 0 Å². The third-order valence-electron chi connectivity index (χ3n) is 3.32. The van der Waals surface area contributed by atoms with Crippen molar-refractivity contribution in [3.05, 3.63) is 47.7 Å². The van der Waals surface area contributed by atoms with Gasteiger partial charge in [0, 0.05) is 35.1 Å². The Hall–Kier alpha value is -2.27. The lowest BCUT2D eigenvalue weighted by Crippen LogP contribution is -2.05. The molecule has 2 heterocycles. The number of aromatic amines is 2. The second-order valence-corrected chi connectivity index (χ2v) is 4.45. The van der Waals surface area contributed by atoms with E-state index in [2.05, 4.69) is 15.0 Å². The molecular formula is C14H15N3O2. The molecule has 0 amide bonds. The standard InChI is InChI=1S/C14H15N3O2/c1-8-7-10(19-2)11(9-3-4-15-12(8)9)13(18)14-16-5-6-17-14/h3-7,13,15,18H,1-2H3,(H,16,17). The monoisotopic (exact) mass is 257 g/mol. The van der Waals surface area contributed by atoms with Crippen LogP contribution in [0.15, 0.2) is 30.7 Å². The molecule has 19 heavy (non-hydrogen) atoms. The fraction of sp³-hybridized carbons (Fsp3) is 0.214. The molecule has 1 aromatic carbocycles. The number of imidazole rings is 1. The summed E-state index contributed by atoms with van der Waals surface area (Å²) in [6.07, 6.45) is 4.32. The quantitative estimate of drug-likeness (QED) is 0.674. The third-order valence-corrected chi connectivity index (χ3v) is 3.32. The van der Waals surface area contributed by atoms with Crippen molar-refractivity contribution in [2.75, 3.05) is 7.11 Å². The molecule has 1 atom stereocenters. The molecule has 0 aliphatic carbocycles. The number of methoxy groups -OCH3 is 1. The number of ether oxygens (including phenoxy) is 1. The lowest BCUT2D eigenvalue weighted by Gasteiger charge is -2.15. The van der Waals surface area contributed by atoms with Crippen molar-refractivity contribution in [3.8, 4) is 5.75 Å². The van der Waals surface area contributed by atoms with Gasteiger partial charge in [-0.05, 0) is 24.6 Å². The predicted molar refractivity (Wildman–Crippen MR) is 72.2 cm³/mol. The predicted octanol–water partition coefficient (Wildman–Crippen LogP) is 2.29. The number of hydrogen-bond donors (Lipinski definition) is 3. The maximum absolute atomic E-state index is 10.5. The van der Waals surface area contributed by atoms with Crippen molar-refractivity contribution in [1.82, 2.24) is 15.0 Å². The molecule has 5 heteroatoms. The lowest BCUT2D eigenvalue weighted by molar-refractivity contribution is 0.207. The van der Waals surface area contributed by atoms with Crippen molar-refractivity contribution < 1.29 is 9.84 Å². The fourth-order valence-corrected chi connectivity index (χ4v) is 2.41. The van der Waals surface area contributed by atoms with Crippen molar-refractivity contribution in [2.45, 2.75) is 13.0 Å². The van der Waals surface area contributed by atoms with Crippen LogP contribution in [0.5, 0.6) is 5.75 Å². The van der Waals surface area contributed by atoms with E-state index in [1.165, 1.54) is 0 Å². The van der Waals surface area contributed by atoms with Gasteiger partial charge < -0.3 is 19.8 Å². The van der Waals surface area contributed by atoms with Crippen molar-refractivity contribution >= 4 is 10.9 Å². The van der Waals surface area contributed by atoms with E-state index in [1.807, 2.05) is 25.3 Å². The Labute approximate surface area is 110 Å². The summed E-state index contributed by atoms with van der Waals surface area (Å²) in [5.74, 6) is 1.16. The number of aliphatic hydroxyl groups is 1. The molecule has 3 aromatic rings. The Morgan fingerprint density at radius 2 is 2.16 bits per heavy atom. The molecule has 0 aliphatic heterocycles. The van der Waals surface area contributed by atoms with Crippen LogP contribution in [0.25, 0.3) is 10.9 Å². The number of hydrogen-bond acceptors (Lipinski definition) is 3. The highest BCUT2D eigenvalue weighted by atomic mass is 16.5. The van der Waals surface area contributed by atoms with Gasteiger partial charge in [-0.15, -0.1) is 0 Å². The summed E-state index contributed by atoms with van der Waals surface area (Å²) in [5, 5.41) is 11.5. The van der Waals surface area contributed by atoms with E-state index >= 15 is 0 Å². The smallest absolute Gasteiger partial charge is 0.141 e. The minimum absolute atomic E-state index is 0.504. The highest BCUT2D eigenvalue weighted by Crippen LogP contribution is 2.36. The van der Waals surface area contributed by atoms with Gasteiger partial charge in [0.25, 0.3) is 0 Å². The fourth-order valence-electron chi connectivity index (χ4n) is 2.41. The largest absolute Gasteiger partial charge is 0.496 e. The minimum atomic E-state index is -0.844. The van der Waals surface area contributed by atoms with Crippen LogP contribution in [0.3, 0.4) is 0 Å². The van der Waals surface area contributed by atoms with Crippen LogP contribution < -0.4 is 4.74 Å². The second kappa shape index (κ2) is 4.44. The van der Waals surface area contributed by atoms with Gasteiger partial charge in [0.1, 0.15) is 17.7 Å². The van der Waals surface area contributed by atoms with Crippen LogP contribution in [0, 0.1) is 6.92 Å². The van der Waals surface area contributed by atoms with Gasteiger partial charge in [0.2, 0.25) is 0 Å². The zero-order chi connectivity index (χ0) is 13.4. The molecule has 0 aliphatic rings. The van der Waals surface area contributed by atoms with E-state index in [1.54, 1.807) is 19.5 Å². The van der Waals surface area contributed by atoms with Crippen LogP contribution in [0.4, 0.5) is 0 Å². The number of H-pyrrole nitrogens is 2. The Kier molecular flexibility index (Phi) is 2.76. The summed E-state index contributed by atoms with van der Waals surface area (Å²) < 4.78 is 5.41. The molecule has 98 valence electrons. The Balaban J connectivity index is 2.26. The zero-order valence-electron chi connectivity index (χ0n) is 10.8. The highest BCUT2D eigenvalue weighted by molar-refractivity contribution is 5.88. The van der Waals surface area contributed by atoms with Gasteiger partial charge in [0.05, 0.1) is 7.11 Å². The molecule has 3 rings (SSSR count). The summed E-state index contributed by atoms with van der Waals surface area (Å²) in [7, 11) is 1.60. The molecule has 0 fully saturated rings. The SMILES string of the molecule is COc1cc(C)c2[nH]ccc2c1C(O)c1ncc[nH]1. The first-order chi connectivity index (χ1) is 9.22. The maximum atomic E-state index is 10.5. The average molecular weight is 257 g/mol. The van der Waals surface area contributed by atoms with E-state index in [4.69, 9.17) is 4.74 Å². The van der Waals surface area contributed by atoms with Crippen molar-refractivity contribution in [1.29, 1.82) is 0 Å². The Morgan fingerprint density at radius 1 is 1.32 bits per heavy atom. The van der Waals surface area contributed by atoms with Crippen molar-refractivity contribution in [3.63, 3.8) is 0 Å². The van der Waals surface area contributed by atoms with Gasteiger partial charge in [0.15, 0.2) is 0 Å². The molecule has 2 aromatic heterocycles. The van der Waals surface area contributed by atoms with Crippen LogP contribution in [-0.2, 0) is 0 Å². The van der Waals surface area contributed by atoms with Gasteiger partial charge in [-0.25, -0.2) is 4.98 Å². The van der Waals surface area contributed by atoms with Gasteiger partial charge in [-0.1, -0.05) is 0 Å². The number of nitrogens with one attached hydrogen (secondary N) is 2. The number of aryl methyl sites for hydroxylation is 1. The van der Waals surface area contributed by atoms with E-state index in [9.17, 15) is 5.11 Å². The summed E-state index contributed by atoms with van der Waals surface area (Å²) >= 11 is 0. The lowest BCUT2D eigenvalue weighted by atomic mass is 10.00. The molecule has 0 bridgehead atoms. The summed E-state index contributed by atoms with van der Waals surface area (Å²) in [5.41, 5.74) is 2.80.